The molecule has 0 bridgehead atoms. The topological polar surface area (TPSA) is 77.6 Å². The second-order valence-corrected chi connectivity index (χ2v) is 6.94. The van der Waals surface area contributed by atoms with Gasteiger partial charge in [0.2, 0.25) is 0 Å². The van der Waals surface area contributed by atoms with Crippen molar-refractivity contribution in [3.8, 4) is 0 Å². The van der Waals surface area contributed by atoms with Crippen molar-refractivity contribution in [1.29, 1.82) is 0 Å². The Labute approximate surface area is 165 Å². The molecule has 0 saturated carbocycles. The second-order valence-electron chi connectivity index (χ2n) is 6.94. The second kappa shape index (κ2) is 9.32. The number of aryl methyl sites for hydroxylation is 1. The Morgan fingerprint density at radius 3 is 2.43 bits per heavy atom. The predicted octanol–water partition coefficient (Wildman–Crippen LogP) is 2.49. The molecule has 1 aromatic heterocycles. The Kier molecular flexibility index (Phi) is 6.60. The van der Waals surface area contributed by atoms with Crippen molar-refractivity contribution in [3.05, 3.63) is 59.4 Å². The molecule has 1 saturated heterocycles. The SMILES string of the molecule is CCNC(=O)c1ccc(NC(=O)N2CCN(Cc3ccncc3)CC2)c(C)c1. The van der Waals surface area contributed by atoms with Crippen molar-refractivity contribution >= 4 is 17.6 Å². The van der Waals surface area contributed by atoms with Crippen LogP contribution in [0.1, 0.15) is 28.4 Å². The molecule has 1 fully saturated rings. The van der Waals surface area contributed by atoms with Crippen LogP contribution in [0.15, 0.2) is 42.7 Å². The lowest BCUT2D eigenvalue weighted by Crippen LogP contribution is -2.49. The summed E-state index contributed by atoms with van der Waals surface area (Å²) < 4.78 is 0. The lowest BCUT2D eigenvalue weighted by molar-refractivity contribution is 0.0955. The number of amides is 3. The highest BCUT2D eigenvalue weighted by atomic mass is 16.2. The Balaban J connectivity index is 1.52. The summed E-state index contributed by atoms with van der Waals surface area (Å²) in [5.41, 5.74) is 3.43. The summed E-state index contributed by atoms with van der Waals surface area (Å²) in [7, 11) is 0. The van der Waals surface area contributed by atoms with E-state index in [4.69, 9.17) is 0 Å². The Morgan fingerprint density at radius 1 is 1.07 bits per heavy atom. The van der Waals surface area contributed by atoms with Crippen LogP contribution < -0.4 is 10.6 Å². The number of carbonyl (C=O) groups excluding carboxylic acids is 2. The normalized spacial score (nSPS) is 14.6. The first-order chi connectivity index (χ1) is 13.6. The third kappa shape index (κ3) is 5.07. The number of nitrogens with one attached hydrogen (secondary N) is 2. The van der Waals surface area contributed by atoms with Crippen LogP contribution in [0.2, 0.25) is 0 Å². The minimum atomic E-state index is -0.103. The number of benzene rings is 1. The molecule has 1 aliphatic heterocycles. The molecular weight excluding hydrogens is 354 g/mol. The van der Waals surface area contributed by atoms with E-state index in [0.717, 1.165) is 30.9 Å². The van der Waals surface area contributed by atoms with Gasteiger partial charge in [0.25, 0.3) is 5.91 Å². The van der Waals surface area contributed by atoms with E-state index >= 15 is 0 Å². The average Bonchev–Trinajstić information content (AvgIpc) is 2.71. The number of hydrogen-bond donors (Lipinski definition) is 2. The molecule has 7 heteroatoms. The first-order valence-corrected chi connectivity index (χ1v) is 9.63. The fraction of sp³-hybridized carbons (Fsp3) is 0.381. The van der Waals surface area contributed by atoms with Gasteiger partial charge in [0, 0.05) is 62.9 Å². The van der Waals surface area contributed by atoms with Gasteiger partial charge in [-0.3, -0.25) is 14.7 Å². The molecule has 2 N–H and O–H groups in total. The van der Waals surface area contributed by atoms with Crippen molar-refractivity contribution in [2.24, 2.45) is 0 Å². The number of urea groups is 1. The van der Waals surface area contributed by atoms with Gasteiger partial charge in [-0.2, -0.15) is 0 Å². The van der Waals surface area contributed by atoms with E-state index in [-0.39, 0.29) is 11.9 Å². The molecule has 28 heavy (non-hydrogen) atoms. The van der Waals surface area contributed by atoms with Crippen LogP contribution in [0.25, 0.3) is 0 Å². The molecule has 2 heterocycles. The molecular formula is C21H27N5O2. The van der Waals surface area contributed by atoms with Crippen molar-refractivity contribution in [2.75, 3.05) is 38.0 Å². The molecule has 1 aliphatic rings. The standard InChI is InChI=1S/C21H27N5O2/c1-3-23-20(27)18-4-5-19(16(2)14-18)24-21(28)26-12-10-25(11-13-26)15-17-6-8-22-9-7-17/h4-9,14H,3,10-13,15H2,1-2H3,(H,23,27)(H,24,28). The molecule has 0 aliphatic carbocycles. The summed E-state index contributed by atoms with van der Waals surface area (Å²) in [6.45, 7) is 8.29. The summed E-state index contributed by atoms with van der Waals surface area (Å²) in [6, 6.07) is 9.27. The highest BCUT2D eigenvalue weighted by Crippen LogP contribution is 2.18. The Morgan fingerprint density at radius 2 is 1.79 bits per heavy atom. The number of pyridine rings is 1. The predicted molar refractivity (Wildman–Crippen MR) is 109 cm³/mol. The summed E-state index contributed by atoms with van der Waals surface area (Å²) in [6.07, 6.45) is 3.61. The molecule has 7 nitrogen and oxygen atoms in total. The number of anilines is 1. The van der Waals surface area contributed by atoms with E-state index in [1.807, 2.05) is 30.9 Å². The van der Waals surface area contributed by atoms with Crippen LogP contribution in [0.5, 0.6) is 0 Å². The first-order valence-electron chi connectivity index (χ1n) is 9.63. The van der Waals surface area contributed by atoms with Crippen LogP contribution >= 0.6 is 0 Å². The van der Waals surface area contributed by atoms with E-state index in [1.54, 1.807) is 30.6 Å². The van der Waals surface area contributed by atoms with E-state index in [0.29, 0.717) is 25.2 Å². The van der Waals surface area contributed by atoms with Crippen molar-refractivity contribution in [1.82, 2.24) is 20.1 Å². The molecule has 0 spiro atoms. The highest BCUT2D eigenvalue weighted by Gasteiger charge is 2.21. The lowest BCUT2D eigenvalue weighted by Gasteiger charge is -2.34. The number of hydrogen-bond acceptors (Lipinski definition) is 4. The van der Waals surface area contributed by atoms with Gasteiger partial charge in [-0.25, -0.2) is 4.79 Å². The maximum Gasteiger partial charge on any atom is 0.321 e. The maximum absolute atomic E-state index is 12.6. The van der Waals surface area contributed by atoms with Gasteiger partial charge in [0.15, 0.2) is 0 Å². The summed E-state index contributed by atoms with van der Waals surface area (Å²) in [5.74, 6) is -0.103. The summed E-state index contributed by atoms with van der Waals surface area (Å²) in [4.78, 5) is 32.8. The molecule has 3 amide bonds. The van der Waals surface area contributed by atoms with Crippen molar-refractivity contribution < 1.29 is 9.59 Å². The molecule has 0 atom stereocenters. The van der Waals surface area contributed by atoms with Gasteiger partial charge >= 0.3 is 6.03 Å². The third-order valence-corrected chi connectivity index (χ3v) is 4.88. The fourth-order valence-electron chi connectivity index (χ4n) is 3.26. The molecule has 1 aromatic carbocycles. The van der Waals surface area contributed by atoms with Crippen LogP contribution in [-0.2, 0) is 6.54 Å². The highest BCUT2D eigenvalue weighted by molar-refractivity contribution is 5.96. The lowest BCUT2D eigenvalue weighted by atomic mass is 10.1. The molecule has 0 radical (unpaired) electrons. The fourth-order valence-corrected chi connectivity index (χ4v) is 3.26. The zero-order valence-electron chi connectivity index (χ0n) is 16.4. The van der Waals surface area contributed by atoms with E-state index in [9.17, 15) is 9.59 Å². The molecule has 3 rings (SSSR count). The first kappa shape index (κ1) is 19.8. The van der Waals surface area contributed by atoms with Crippen LogP contribution in [0.3, 0.4) is 0 Å². The van der Waals surface area contributed by atoms with Crippen LogP contribution in [0, 0.1) is 6.92 Å². The quantitative estimate of drug-likeness (QED) is 0.834. The van der Waals surface area contributed by atoms with Crippen molar-refractivity contribution in [2.45, 2.75) is 20.4 Å². The Hall–Kier alpha value is -2.93. The zero-order chi connectivity index (χ0) is 19.9. The van der Waals surface area contributed by atoms with Crippen LogP contribution in [-0.4, -0.2) is 59.4 Å². The van der Waals surface area contributed by atoms with E-state index < -0.39 is 0 Å². The minimum absolute atomic E-state index is 0.0996. The molecule has 0 unspecified atom stereocenters. The van der Waals surface area contributed by atoms with Crippen LogP contribution in [0.4, 0.5) is 10.5 Å². The Bertz CT molecular complexity index is 817. The van der Waals surface area contributed by atoms with Gasteiger partial charge in [0.05, 0.1) is 0 Å². The van der Waals surface area contributed by atoms with Gasteiger partial charge < -0.3 is 15.5 Å². The molecule has 2 aromatic rings. The summed E-state index contributed by atoms with van der Waals surface area (Å²) >= 11 is 0. The monoisotopic (exact) mass is 381 g/mol. The number of nitrogens with zero attached hydrogens (tertiary/aromatic N) is 3. The summed E-state index contributed by atoms with van der Waals surface area (Å²) in [5, 5.41) is 5.75. The van der Waals surface area contributed by atoms with Gasteiger partial charge in [-0.05, 0) is 55.3 Å². The number of carbonyl (C=O) groups is 2. The van der Waals surface area contributed by atoms with Gasteiger partial charge in [-0.15, -0.1) is 0 Å². The number of piperazine rings is 1. The van der Waals surface area contributed by atoms with E-state index in [1.165, 1.54) is 5.56 Å². The number of rotatable bonds is 5. The third-order valence-electron chi connectivity index (χ3n) is 4.88. The van der Waals surface area contributed by atoms with Crippen molar-refractivity contribution in [3.63, 3.8) is 0 Å². The maximum atomic E-state index is 12.6. The van der Waals surface area contributed by atoms with Gasteiger partial charge in [0.1, 0.15) is 0 Å². The largest absolute Gasteiger partial charge is 0.352 e. The molecule has 148 valence electrons. The smallest absolute Gasteiger partial charge is 0.321 e. The average molecular weight is 381 g/mol. The number of aromatic nitrogens is 1. The van der Waals surface area contributed by atoms with E-state index in [2.05, 4.69) is 20.5 Å². The zero-order valence-corrected chi connectivity index (χ0v) is 16.4. The minimum Gasteiger partial charge on any atom is -0.352 e. The van der Waals surface area contributed by atoms with Gasteiger partial charge in [-0.1, -0.05) is 0 Å².